The van der Waals surface area contributed by atoms with Gasteiger partial charge >= 0.3 is 0 Å². The second-order valence-corrected chi connectivity index (χ2v) is 5.90. The Morgan fingerprint density at radius 2 is 1.89 bits per heavy atom. The molecule has 0 aliphatic carbocycles. The number of fused-ring (bicyclic) bond motifs is 1. The zero-order valence-electron chi connectivity index (χ0n) is 14.2. The van der Waals surface area contributed by atoms with E-state index in [1.165, 1.54) is 6.08 Å². The van der Waals surface area contributed by atoms with Crippen LogP contribution in [0.4, 0.5) is 0 Å². The average molecular weight is 354 g/mol. The highest BCUT2D eigenvalue weighted by molar-refractivity contribution is 6.01. The highest BCUT2D eigenvalue weighted by Crippen LogP contribution is 2.30. The van der Waals surface area contributed by atoms with Crippen molar-refractivity contribution >= 4 is 23.0 Å². The van der Waals surface area contributed by atoms with Crippen LogP contribution in [0.25, 0.3) is 34.2 Å². The molecule has 0 aliphatic rings. The molecular formula is C21H14N4O2. The van der Waals surface area contributed by atoms with E-state index in [0.29, 0.717) is 17.0 Å². The minimum absolute atomic E-state index is 0.153. The lowest BCUT2D eigenvalue weighted by Crippen LogP contribution is -2.12. The van der Waals surface area contributed by atoms with Gasteiger partial charge in [0.1, 0.15) is 22.9 Å². The zero-order valence-corrected chi connectivity index (χ0v) is 14.2. The number of nitrogens with zero attached hydrogens (tertiary/aromatic N) is 3. The second-order valence-electron chi connectivity index (χ2n) is 5.90. The van der Waals surface area contributed by atoms with Crippen LogP contribution in [0.1, 0.15) is 5.56 Å². The number of benzene rings is 2. The monoisotopic (exact) mass is 354 g/mol. The predicted molar refractivity (Wildman–Crippen MR) is 102 cm³/mol. The van der Waals surface area contributed by atoms with Crippen LogP contribution in [0.3, 0.4) is 0 Å². The van der Waals surface area contributed by atoms with Crippen LogP contribution in [0.5, 0.6) is 0 Å². The molecule has 4 aromatic rings. The first-order valence-electron chi connectivity index (χ1n) is 8.21. The molecule has 2 aromatic carbocycles. The van der Waals surface area contributed by atoms with E-state index < -0.39 is 5.91 Å². The summed E-state index contributed by atoms with van der Waals surface area (Å²) in [4.78, 5) is 11.5. The van der Waals surface area contributed by atoms with Gasteiger partial charge in [-0.05, 0) is 30.3 Å². The standard InChI is InChI=1S/C21H14N4O2/c22-12-15(21(23)26)10-16-13-25(17-7-2-1-3-8-17)24-20(16)19-11-14-6-4-5-9-18(14)27-19/h1-11,13H,(H2,23,26)/b15-10+. The fraction of sp³-hybridized carbons (Fsp3) is 0. The molecule has 0 radical (unpaired) electrons. The summed E-state index contributed by atoms with van der Waals surface area (Å²) in [6.07, 6.45) is 3.16. The fourth-order valence-corrected chi connectivity index (χ4v) is 2.81. The van der Waals surface area contributed by atoms with Gasteiger partial charge in [-0.2, -0.15) is 10.4 Å². The summed E-state index contributed by atoms with van der Waals surface area (Å²) in [6.45, 7) is 0. The number of primary amides is 1. The summed E-state index contributed by atoms with van der Waals surface area (Å²) in [6, 6.07) is 20.8. The number of hydrogen-bond donors (Lipinski definition) is 1. The van der Waals surface area contributed by atoms with Crippen molar-refractivity contribution in [2.75, 3.05) is 0 Å². The van der Waals surface area contributed by atoms with Crippen LogP contribution >= 0.6 is 0 Å². The van der Waals surface area contributed by atoms with Gasteiger partial charge in [0.05, 0.1) is 5.69 Å². The number of furan rings is 1. The summed E-state index contributed by atoms with van der Waals surface area (Å²) in [5.74, 6) is -0.251. The van der Waals surface area contributed by atoms with Gasteiger partial charge in [0.2, 0.25) is 0 Å². The normalized spacial score (nSPS) is 11.4. The molecule has 0 spiro atoms. The molecule has 0 bridgehead atoms. The van der Waals surface area contributed by atoms with Gasteiger partial charge in [-0.3, -0.25) is 4.79 Å². The molecule has 0 saturated carbocycles. The van der Waals surface area contributed by atoms with Crippen molar-refractivity contribution in [2.24, 2.45) is 5.73 Å². The predicted octanol–water partition coefficient (Wildman–Crippen LogP) is 3.68. The van der Waals surface area contributed by atoms with Crippen LogP contribution in [0, 0.1) is 11.3 Å². The largest absolute Gasteiger partial charge is 0.454 e. The number of aromatic nitrogens is 2. The molecule has 130 valence electrons. The van der Waals surface area contributed by atoms with E-state index >= 15 is 0 Å². The first kappa shape index (κ1) is 16.4. The molecule has 6 nitrogen and oxygen atoms in total. The number of hydrogen-bond acceptors (Lipinski definition) is 4. The summed E-state index contributed by atoms with van der Waals surface area (Å²) in [5.41, 5.74) is 7.78. The third-order valence-electron chi connectivity index (χ3n) is 4.11. The maximum absolute atomic E-state index is 11.5. The van der Waals surface area contributed by atoms with Crippen molar-refractivity contribution < 1.29 is 9.21 Å². The molecule has 2 aromatic heterocycles. The summed E-state index contributed by atoms with van der Waals surface area (Å²) in [5, 5.41) is 14.7. The van der Waals surface area contributed by atoms with Gasteiger partial charge in [-0.1, -0.05) is 36.4 Å². The summed E-state index contributed by atoms with van der Waals surface area (Å²) >= 11 is 0. The number of amides is 1. The van der Waals surface area contributed by atoms with Crippen LogP contribution in [0.15, 0.2) is 76.9 Å². The SMILES string of the molecule is N#C/C(=C\c1cn(-c2ccccc2)nc1-c1cc2ccccc2o1)C(N)=O. The average Bonchev–Trinajstić information content (AvgIpc) is 3.30. The van der Waals surface area contributed by atoms with Gasteiger partial charge < -0.3 is 10.2 Å². The Labute approximate surface area is 154 Å². The lowest BCUT2D eigenvalue weighted by atomic mass is 10.1. The number of nitriles is 1. The van der Waals surface area contributed by atoms with Crippen molar-refractivity contribution in [1.82, 2.24) is 9.78 Å². The maximum Gasteiger partial charge on any atom is 0.259 e. The smallest absolute Gasteiger partial charge is 0.259 e. The zero-order chi connectivity index (χ0) is 18.8. The Morgan fingerprint density at radius 1 is 1.15 bits per heavy atom. The van der Waals surface area contributed by atoms with Gasteiger partial charge in [-0.15, -0.1) is 0 Å². The van der Waals surface area contributed by atoms with E-state index in [9.17, 15) is 10.1 Å². The molecule has 0 aliphatic heterocycles. The van der Waals surface area contributed by atoms with Crippen molar-refractivity contribution in [3.05, 3.63) is 78.0 Å². The number of nitrogens with two attached hydrogens (primary N) is 1. The van der Waals surface area contributed by atoms with E-state index in [1.807, 2.05) is 66.7 Å². The molecule has 0 atom stereocenters. The van der Waals surface area contributed by atoms with Gasteiger partial charge in [0, 0.05) is 17.1 Å². The first-order valence-corrected chi connectivity index (χ1v) is 8.21. The van der Waals surface area contributed by atoms with Crippen molar-refractivity contribution in [3.63, 3.8) is 0 Å². The Morgan fingerprint density at radius 3 is 2.59 bits per heavy atom. The molecule has 2 heterocycles. The number of para-hydroxylation sites is 2. The summed E-state index contributed by atoms with van der Waals surface area (Å²) < 4.78 is 7.59. The van der Waals surface area contributed by atoms with Gasteiger partial charge in [0.15, 0.2) is 5.76 Å². The fourth-order valence-electron chi connectivity index (χ4n) is 2.81. The summed E-state index contributed by atoms with van der Waals surface area (Å²) in [7, 11) is 0. The van der Waals surface area contributed by atoms with E-state index in [2.05, 4.69) is 5.10 Å². The Bertz CT molecular complexity index is 1180. The van der Waals surface area contributed by atoms with Crippen LogP contribution in [-0.2, 0) is 4.79 Å². The minimum atomic E-state index is -0.791. The van der Waals surface area contributed by atoms with E-state index in [0.717, 1.165) is 16.7 Å². The number of rotatable bonds is 4. The Balaban J connectivity index is 1.92. The number of carbonyl (C=O) groups is 1. The lowest BCUT2D eigenvalue weighted by Gasteiger charge is -1.98. The molecule has 6 heteroatoms. The molecule has 0 fully saturated rings. The van der Waals surface area contributed by atoms with Gasteiger partial charge in [-0.25, -0.2) is 4.68 Å². The van der Waals surface area contributed by atoms with Gasteiger partial charge in [0.25, 0.3) is 5.91 Å². The first-order chi connectivity index (χ1) is 13.2. The topological polar surface area (TPSA) is 97.8 Å². The lowest BCUT2D eigenvalue weighted by molar-refractivity contribution is -0.114. The quantitative estimate of drug-likeness (QED) is 0.446. The molecule has 4 rings (SSSR count). The number of carbonyl (C=O) groups excluding carboxylic acids is 1. The van der Waals surface area contributed by atoms with Crippen molar-refractivity contribution in [3.8, 4) is 23.2 Å². The Kier molecular flexibility index (Phi) is 4.03. The maximum atomic E-state index is 11.5. The van der Waals surface area contributed by atoms with E-state index in [-0.39, 0.29) is 5.57 Å². The molecule has 27 heavy (non-hydrogen) atoms. The molecule has 2 N–H and O–H groups in total. The van der Waals surface area contributed by atoms with E-state index in [1.54, 1.807) is 10.9 Å². The van der Waals surface area contributed by atoms with E-state index in [4.69, 9.17) is 10.2 Å². The highest BCUT2D eigenvalue weighted by Gasteiger charge is 2.17. The molecule has 1 amide bonds. The molecular weight excluding hydrogens is 340 g/mol. The van der Waals surface area contributed by atoms with Crippen LogP contribution in [-0.4, -0.2) is 15.7 Å². The Hall–Kier alpha value is -4.11. The minimum Gasteiger partial charge on any atom is -0.454 e. The van der Waals surface area contributed by atoms with Crippen LogP contribution < -0.4 is 5.73 Å². The molecule has 0 saturated heterocycles. The second kappa shape index (κ2) is 6.65. The highest BCUT2D eigenvalue weighted by atomic mass is 16.3. The van der Waals surface area contributed by atoms with Crippen LogP contribution in [0.2, 0.25) is 0 Å². The molecule has 0 unspecified atom stereocenters. The van der Waals surface area contributed by atoms with Crippen molar-refractivity contribution in [1.29, 1.82) is 5.26 Å². The third-order valence-corrected chi connectivity index (χ3v) is 4.11. The third kappa shape index (κ3) is 3.10. The van der Waals surface area contributed by atoms with Crippen molar-refractivity contribution in [2.45, 2.75) is 0 Å².